The van der Waals surface area contributed by atoms with E-state index in [1.54, 1.807) is 12.1 Å². The second-order valence-corrected chi connectivity index (χ2v) is 9.57. The molecule has 0 atom stereocenters. The molecule has 2 N–H and O–H groups in total. The van der Waals surface area contributed by atoms with Gasteiger partial charge in [-0.05, 0) is 67.7 Å². The first-order chi connectivity index (χ1) is 16.4. The molecule has 2 aromatic heterocycles. The molecule has 3 heterocycles. The summed E-state index contributed by atoms with van der Waals surface area (Å²) in [4.78, 5) is 24.8. The molecule has 0 spiro atoms. The van der Waals surface area contributed by atoms with Crippen LogP contribution in [0.15, 0.2) is 53.9 Å². The van der Waals surface area contributed by atoms with Crippen LogP contribution in [0.1, 0.15) is 27.2 Å². The third-order valence-electron chi connectivity index (χ3n) is 5.64. The van der Waals surface area contributed by atoms with Crippen molar-refractivity contribution >= 4 is 28.9 Å². The molecule has 0 radical (unpaired) electrons. The predicted octanol–water partition coefficient (Wildman–Crippen LogP) is 3.85. The molecule has 0 aliphatic carbocycles. The Labute approximate surface area is 206 Å². The fourth-order valence-electron chi connectivity index (χ4n) is 3.66. The Hall–Kier alpha value is -3.10. The zero-order chi connectivity index (χ0) is 24.5. The summed E-state index contributed by atoms with van der Waals surface area (Å²) in [7, 11) is 7.83. The molecule has 0 saturated carbocycles. The minimum absolute atomic E-state index is 0.0137. The van der Waals surface area contributed by atoms with Gasteiger partial charge in [0.05, 0.1) is 5.56 Å². The number of anilines is 2. The number of hydrogen-bond acceptors (Lipinski definition) is 7. The summed E-state index contributed by atoms with van der Waals surface area (Å²) in [5.74, 6) is 1.77. The average molecular weight is 482 g/mol. The van der Waals surface area contributed by atoms with Gasteiger partial charge in [-0.15, -0.1) is 11.3 Å². The number of pyridine rings is 1. The van der Waals surface area contributed by atoms with Gasteiger partial charge in [-0.3, -0.25) is 4.79 Å². The molecule has 0 saturated heterocycles. The van der Waals surface area contributed by atoms with E-state index in [0.717, 1.165) is 30.3 Å². The maximum absolute atomic E-state index is 12.9. The maximum Gasteiger partial charge on any atom is 0.257 e. The Kier molecular flexibility index (Phi) is 9.30. The molecule has 8 heteroatoms. The summed E-state index contributed by atoms with van der Waals surface area (Å²) in [5, 5.41) is 14.7. The Morgan fingerprint density at radius 1 is 1.12 bits per heavy atom. The average Bonchev–Trinajstić information content (AvgIpc) is 3.32. The van der Waals surface area contributed by atoms with Gasteiger partial charge in [-0.25, -0.2) is 4.98 Å². The van der Waals surface area contributed by atoms with Gasteiger partial charge in [-0.2, -0.15) is 0 Å². The SMILES string of the molecule is CN(C)c1ccc2c(n1)N(C)CCN(Cc1ccc(O)cc1)C2=O.CNCCCc1cccs1. The van der Waals surface area contributed by atoms with Crippen LogP contribution in [-0.2, 0) is 13.0 Å². The lowest BCUT2D eigenvalue weighted by molar-refractivity contribution is 0.0754. The normalized spacial score (nSPS) is 13.1. The fraction of sp³-hybridized carbons (Fsp3) is 0.385. The number of phenolic OH excluding ortho intramolecular Hbond substituents is 1. The van der Waals surface area contributed by atoms with Crippen LogP contribution in [-0.4, -0.2) is 68.7 Å². The first-order valence-electron chi connectivity index (χ1n) is 11.5. The van der Waals surface area contributed by atoms with Gasteiger partial charge in [0, 0.05) is 45.7 Å². The van der Waals surface area contributed by atoms with E-state index in [1.165, 1.54) is 17.7 Å². The second-order valence-electron chi connectivity index (χ2n) is 8.54. The van der Waals surface area contributed by atoms with Crippen molar-refractivity contribution in [3.05, 3.63) is 69.9 Å². The Bertz CT molecular complexity index is 1040. The third-order valence-corrected chi connectivity index (χ3v) is 6.58. The number of carbonyl (C=O) groups is 1. The van der Waals surface area contributed by atoms with E-state index in [9.17, 15) is 9.90 Å². The summed E-state index contributed by atoms with van der Waals surface area (Å²) < 4.78 is 0. The number of aromatic nitrogens is 1. The van der Waals surface area contributed by atoms with E-state index in [1.807, 2.05) is 78.5 Å². The van der Waals surface area contributed by atoms with Crippen LogP contribution in [0.2, 0.25) is 0 Å². The van der Waals surface area contributed by atoms with Crippen LogP contribution < -0.4 is 15.1 Å². The van der Waals surface area contributed by atoms with Gasteiger partial charge in [0.2, 0.25) is 0 Å². The van der Waals surface area contributed by atoms with Gasteiger partial charge in [0.1, 0.15) is 17.4 Å². The van der Waals surface area contributed by atoms with E-state index >= 15 is 0 Å². The van der Waals surface area contributed by atoms with E-state index in [0.29, 0.717) is 18.7 Å². The van der Waals surface area contributed by atoms with E-state index < -0.39 is 0 Å². The third kappa shape index (κ3) is 6.95. The van der Waals surface area contributed by atoms with Crippen molar-refractivity contribution in [2.24, 2.45) is 0 Å². The summed E-state index contributed by atoms with van der Waals surface area (Å²) in [6, 6.07) is 15.0. The molecule has 182 valence electrons. The number of aryl methyl sites for hydroxylation is 1. The monoisotopic (exact) mass is 481 g/mol. The number of hydrogen-bond donors (Lipinski definition) is 2. The summed E-state index contributed by atoms with van der Waals surface area (Å²) in [5.41, 5.74) is 1.62. The highest BCUT2D eigenvalue weighted by atomic mass is 32.1. The van der Waals surface area contributed by atoms with Crippen LogP contribution >= 0.6 is 11.3 Å². The molecule has 0 unspecified atom stereocenters. The van der Waals surface area contributed by atoms with Gasteiger partial charge >= 0.3 is 0 Å². The van der Waals surface area contributed by atoms with Crippen LogP contribution in [0, 0.1) is 0 Å². The number of aromatic hydroxyl groups is 1. The first kappa shape index (κ1) is 25.5. The molecular weight excluding hydrogens is 446 g/mol. The molecule has 7 nitrogen and oxygen atoms in total. The van der Waals surface area contributed by atoms with Crippen LogP contribution in [0.5, 0.6) is 5.75 Å². The lowest BCUT2D eigenvalue weighted by atomic mass is 10.1. The topological polar surface area (TPSA) is 71.9 Å². The molecule has 1 aliphatic heterocycles. The standard InChI is InChI=1S/C18H22N4O2.C8H13NS/c1-20(2)16-9-8-15-17(19-16)21(3)10-11-22(18(15)24)12-13-4-6-14(23)7-5-13;1-9-6-2-4-8-5-3-7-10-8/h4-9,23H,10-12H2,1-3H3;3,5,7,9H,2,4,6H2,1H3. The Balaban J connectivity index is 0.000000271. The van der Waals surface area contributed by atoms with E-state index in [-0.39, 0.29) is 11.7 Å². The number of fused-ring (bicyclic) bond motifs is 1. The van der Waals surface area contributed by atoms with Crippen molar-refractivity contribution < 1.29 is 9.90 Å². The molecule has 34 heavy (non-hydrogen) atoms. The maximum atomic E-state index is 12.9. The van der Waals surface area contributed by atoms with Crippen LogP contribution in [0.4, 0.5) is 11.6 Å². The lowest BCUT2D eigenvalue weighted by Crippen LogP contribution is -2.33. The minimum atomic E-state index is -0.0137. The Morgan fingerprint density at radius 3 is 2.53 bits per heavy atom. The van der Waals surface area contributed by atoms with Crippen molar-refractivity contribution in [3.63, 3.8) is 0 Å². The highest BCUT2D eigenvalue weighted by Gasteiger charge is 2.26. The summed E-state index contributed by atoms with van der Waals surface area (Å²) in [6.07, 6.45) is 2.47. The number of nitrogens with one attached hydrogen (secondary N) is 1. The number of benzene rings is 1. The molecule has 0 fully saturated rings. The predicted molar refractivity (Wildman–Crippen MR) is 141 cm³/mol. The van der Waals surface area contributed by atoms with Crippen LogP contribution in [0.3, 0.4) is 0 Å². The highest BCUT2D eigenvalue weighted by molar-refractivity contribution is 7.09. The van der Waals surface area contributed by atoms with E-state index in [4.69, 9.17) is 0 Å². The highest BCUT2D eigenvalue weighted by Crippen LogP contribution is 2.26. The summed E-state index contributed by atoms with van der Waals surface area (Å²) >= 11 is 1.85. The lowest BCUT2D eigenvalue weighted by Gasteiger charge is -2.21. The quantitative estimate of drug-likeness (QED) is 0.500. The minimum Gasteiger partial charge on any atom is -0.508 e. The van der Waals surface area contributed by atoms with Gasteiger partial charge < -0.3 is 25.1 Å². The van der Waals surface area contributed by atoms with E-state index in [2.05, 4.69) is 27.8 Å². The largest absolute Gasteiger partial charge is 0.508 e. The van der Waals surface area contributed by atoms with Gasteiger partial charge in [0.15, 0.2) is 0 Å². The number of phenols is 1. The molecule has 1 amide bonds. The second kappa shape index (κ2) is 12.4. The van der Waals surface area contributed by atoms with Crippen molar-refractivity contribution in [1.29, 1.82) is 0 Å². The molecule has 1 aliphatic rings. The number of amides is 1. The number of carbonyl (C=O) groups excluding carboxylic acids is 1. The van der Waals surface area contributed by atoms with Crippen molar-refractivity contribution in [1.82, 2.24) is 15.2 Å². The molecule has 0 bridgehead atoms. The molecule has 1 aromatic carbocycles. The smallest absolute Gasteiger partial charge is 0.257 e. The van der Waals surface area contributed by atoms with Crippen molar-refractivity contribution in [2.75, 3.05) is 57.6 Å². The Morgan fingerprint density at radius 2 is 1.88 bits per heavy atom. The van der Waals surface area contributed by atoms with Crippen molar-refractivity contribution in [3.8, 4) is 5.75 Å². The number of thiophene rings is 1. The number of nitrogens with zero attached hydrogens (tertiary/aromatic N) is 4. The van der Waals surface area contributed by atoms with Crippen molar-refractivity contribution in [2.45, 2.75) is 19.4 Å². The number of likely N-dealkylation sites (N-methyl/N-ethyl adjacent to an activating group) is 1. The fourth-order valence-corrected chi connectivity index (χ4v) is 4.41. The zero-order valence-electron chi connectivity index (χ0n) is 20.5. The molecular formula is C26H35N5O2S. The summed E-state index contributed by atoms with van der Waals surface area (Å²) in [6.45, 7) is 2.99. The van der Waals surface area contributed by atoms with Crippen LogP contribution in [0.25, 0.3) is 0 Å². The number of rotatable bonds is 7. The zero-order valence-corrected chi connectivity index (χ0v) is 21.3. The van der Waals surface area contributed by atoms with Gasteiger partial charge in [-0.1, -0.05) is 18.2 Å². The molecule has 4 rings (SSSR count). The van der Waals surface area contributed by atoms with Gasteiger partial charge in [0.25, 0.3) is 5.91 Å². The first-order valence-corrected chi connectivity index (χ1v) is 12.4. The molecule has 3 aromatic rings.